The molecule has 1 N–H and O–H groups in total. The van der Waals surface area contributed by atoms with Gasteiger partial charge >= 0.3 is 0 Å². The van der Waals surface area contributed by atoms with E-state index in [9.17, 15) is 4.39 Å². The summed E-state index contributed by atoms with van der Waals surface area (Å²) in [5.41, 5.74) is 0. The molecule has 1 aromatic rings. The molecule has 0 aliphatic rings. The standard InChI is InChI=1S/C12H18FNO/c1-2-14-9-5-6-10-15-12-8-4-3-7-11(12)13/h3-4,7-8,14H,2,5-6,9-10H2,1H3. The number of para-hydroxylation sites is 1. The van der Waals surface area contributed by atoms with Gasteiger partial charge in [0.25, 0.3) is 0 Å². The first-order chi connectivity index (χ1) is 7.34. The first-order valence-corrected chi connectivity index (χ1v) is 5.42. The Morgan fingerprint density at radius 2 is 2.07 bits per heavy atom. The topological polar surface area (TPSA) is 21.3 Å². The van der Waals surface area contributed by atoms with E-state index in [2.05, 4.69) is 12.2 Å². The molecular formula is C12H18FNO. The quantitative estimate of drug-likeness (QED) is 0.700. The van der Waals surface area contributed by atoms with Crippen molar-refractivity contribution >= 4 is 0 Å². The molecule has 0 aromatic heterocycles. The van der Waals surface area contributed by atoms with Gasteiger partial charge in [-0.15, -0.1) is 0 Å². The summed E-state index contributed by atoms with van der Waals surface area (Å²) in [4.78, 5) is 0. The number of benzene rings is 1. The minimum atomic E-state index is -0.288. The predicted octanol–water partition coefficient (Wildman–Crippen LogP) is 2.59. The van der Waals surface area contributed by atoms with Gasteiger partial charge in [0.2, 0.25) is 0 Å². The third-order valence-corrected chi connectivity index (χ3v) is 2.09. The van der Waals surface area contributed by atoms with Gasteiger partial charge in [-0.05, 0) is 38.1 Å². The number of unbranched alkanes of at least 4 members (excludes halogenated alkanes) is 1. The van der Waals surface area contributed by atoms with Crippen LogP contribution in [-0.2, 0) is 0 Å². The lowest BCUT2D eigenvalue weighted by Gasteiger charge is -2.06. The third kappa shape index (κ3) is 4.79. The fourth-order valence-corrected chi connectivity index (χ4v) is 1.27. The summed E-state index contributed by atoms with van der Waals surface area (Å²) >= 11 is 0. The third-order valence-electron chi connectivity index (χ3n) is 2.09. The second kappa shape index (κ2) is 7.23. The minimum absolute atomic E-state index is 0.288. The molecule has 0 spiro atoms. The van der Waals surface area contributed by atoms with Crippen LogP contribution in [0.3, 0.4) is 0 Å². The van der Waals surface area contributed by atoms with Crippen LogP contribution in [0.2, 0.25) is 0 Å². The van der Waals surface area contributed by atoms with Crippen LogP contribution in [0.15, 0.2) is 24.3 Å². The molecule has 15 heavy (non-hydrogen) atoms. The molecule has 2 nitrogen and oxygen atoms in total. The lowest BCUT2D eigenvalue weighted by molar-refractivity contribution is 0.291. The minimum Gasteiger partial charge on any atom is -0.491 e. The summed E-state index contributed by atoms with van der Waals surface area (Å²) in [5.74, 6) is 0.0603. The van der Waals surface area contributed by atoms with E-state index in [1.54, 1.807) is 18.2 Å². The molecule has 0 saturated carbocycles. The van der Waals surface area contributed by atoms with Crippen molar-refractivity contribution < 1.29 is 9.13 Å². The van der Waals surface area contributed by atoms with E-state index in [0.29, 0.717) is 12.4 Å². The van der Waals surface area contributed by atoms with Gasteiger partial charge < -0.3 is 10.1 Å². The molecule has 0 bridgehead atoms. The van der Waals surface area contributed by atoms with Crippen molar-refractivity contribution in [1.29, 1.82) is 0 Å². The van der Waals surface area contributed by atoms with Crippen LogP contribution >= 0.6 is 0 Å². The lowest BCUT2D eigenvalue weighted by Crippen LogP contribution is -2.14. The molecule has 0 aliphatic heterocycles. The maximum absolute atomic E-state index is 13.1. The van der Waals surface area contributed by atoms with Crippen LogP contribution in [0.25, 0.3) is 0 Å². The highest BCUT2D eigenvalue weighted by Gasteiger charge is 1.99. The van der Waals surface area contributed by atoms with Crippen LogP contribution in [0, 0.1) is 5.82 Å². The maximum Gasteiger partial charge on any atom is 0.165 e. The predicted molar refractivity (Wildman–Crippen MR) is 59.7 cm³/mol. The zero-order valence-electron chi connectivity index (χ0n) is 9.13. The highest BCUT2D eigenvalue weighted by Crippen LogP contribution is 2.15. The van der Waals surface area contributed by atoms with Crippen LogP contribution in [0.4, 0.5) is 4.39 Å². The van der Waals surface area contributed by atoms with Gasteiger partial charge in [-0.1, -0.05) is 19.1 Å². The average Bonchev–Trinajstić information content (AvgIpc) is 2.25. The molecule has 0 heterocycles. The normalized spacial score (nSPS) is 10.3. The molecular weight excluding hydrogens is 193 g/mol. The largest absolute Gasteiger partial charge is 0.491 e. The van der Waals surface area contributed by atoms with E-state index >= 15 is 0 Å². The molecule has 1 rings (SSSR count). The van der Waals surface area contributed by atoms with E-state index in [-0.39, 0.29) is 5.82 Å². The molecule has 0 atom stereocenters. The van der Waals surface area contributed by atoms with E-state index in [0.717, 1.165) is 25.9 Å². The van der Waals surface area contributed by atoms with E-state index in [1.807, 2.05) is 0 Å². The van der Waals surface area contributed by atoms with Gasteiger partial charge in [-0.2, -0.15) is 0 Å². The van der Waals surface area contributed by atoms with Crippen molar-refractivity contribution in [3.63, 3.8) is 0 Å². The Kier molecular flexibility index (Phi) is 5.78. The maximum atomic E-state index is 13.1. The number of rotatable bonds is 7. The average molecular weight is 211 g/mol. The van der Waals surface area contributed by atoms with E-state index < -0.39 is 0 Å². The number of hydrogen-bond acceptors (Lipinski definition) is 2. The molecule has 0 radical (unpaired) electrons. The lowest BCUT2D eigenvalue weighted by atomic mass is 10.3. The van der Waals surface area contributed by atoms with Crippen molar-refractivity contribution in [2.45, 2.75) is 19.8 Å². The Morgan fingerprint density at radius 1 is 1.27 bits per heavy atom. The Bertz CT molecular complexity index is 278. The molecule has 0 unspecified atom stereocenters. The molecule has 0 saturated heterocycles. The SMILES string of the molecule is CCNCCCCOc1ccccc1F. The Morgan fingerprint density at radius 3 is 2.80 bits per heavy atom. The highest BCUT2D eigenvalue weighted by atomic mass is 19.1. The number of ether oxygens (including phenoxy) is 1. The van der Waals surface area contributed by atoms with Gasteiger partial charge in [-0.25, -0.2) is 4.39 Å². The van der Waals surface area contributed by atoms with Crippen molar-refractivity contribution in [3.8, 4) is 5.75 Å². The molecule has 0 amide bonds. The zero-order valence-corrected chi connectivity index (χ0v) is 9.13. The first-order valence-electron chi connectivity index (χ1n) is 5.42. The Labute approximate surface area is 90.4 Å². The van der Waals surface area contributed by atoms with Crippen LogP contribution in [0.1, 0.15) is 19.8 Å². The summed E-state index contributed by atoms with van der Waals surface area (Å²) < 4.78 is 18.4. The second-order valence-corrected chi connectivity index (χ2v) is 3.34. The van der Waals surface area contributed by atoms with Crippen molar-refractivity contribution in [2.75, 3.05) is 19.7 Å². The summed E-state index contributed by atoms with van der Waals surface area (Å²) in [6.45, 7) is 4.65. The summed E-state index contributed by atoms with van der Waals surface area (Å²) in [6, 6.07) is 6.50. The number of hydrogen-bond donors (Lipinski definition) is 1. The highest BCUT2D eigenvalue weighted by molar-refractivity contribution is 5.23. The summed E-state index contributed by atoms with van der Waals surface area (Å²) in [7, 11) is 0. The summed E-state index contributed by atoms with van der Waals surface area (Å²) in [5, 5.41) is 3.23. The Balaban J connectivity index is 2.12. The van der Waals surface area contributed by atoms with Gasteiger partial charge in [-0.3, -0.25) is 0 Å². The second-order valence-electron chi connectivity index (χ2n) is 3.34. The number of halogens is 1. The molecule has 1 aromatic carbocycles. The Hall–Kier alpha value is -1.09. The summed E-state index contributed by atoms with van der Waals surface area (Å²) in [6.07, 6.45) is 2.00. The van der Waals surface area contributed by atoms with Crippen molar-refractivity contribution in [2.24, 2.45) is 0 Å². The van der Waals surface area contributed by atoms with E-state index in [4.69, 9.17) is 4.74 Å². The van der Waals surface area contributed by atoms with Gasteiger partial charge in [0.05, 0.1) is 6.61 Å². The van der Waals surface area contributed by atoms with Gasteiger partial charge in [0, 0.05) is 0 Å². The smallest absolute Gasteiger partial charge is 0.165 e. The van der Waals surface area contributed by atoms with Crippen LogP contribution in [-0.4, -0.2) is 19.7 Å². The molecule has 84 valence electrons. The monoisotopic (exact) mass is 211 g/mol. The van der Waals surface area contributed by atoms with Gasteiger partial charge in [0.1, 0.15) is 0 Å². The fourth-order valence-electron chi connectivity index (χ4n) is 1.27. The molecule has 3 heteroatoms. The van der Waals surface area contributed by atoms with Crippen LogP contribution in [0.5, 0.6) is 5.75 Å². The first kappa shape index (κ1) is 12.0. The fraction of sp³-hybridized carbons (Fsp3) is 0.500. The van der Waals surface area contributed by atoms with Crippen molar-refractivity contribution in [3.05, 3.63) is 30.1 Å². The van der Waals surface area contributed by atoms with E-state index in [1.165, 1.54) is 6.07 Å². The molecule has 0 aliphatic carbocycles. The van der Waals surface area contributed by atoms with Crippen molar-refractivity contribution in [1.82, 2.24) is 5.32 Å². The van der Waals surface area contributed by atoms with Crippen LogP contribution < -0.4 is 10.1 Å². The molecule has 0 fully saturated rings. The zero-order chi connectivity index (χ0) is 10.9. The van der Waals surface area contributed by atoms with Gasteiger partial charge in [0.15, 0.2) is 11.6 Å². The number of nitrogens with one attached hydrogen (secondary N) is 1.